The molecule has 0 bridgehead atoms. The molecule has 0 aromatic carbocycles. The van der Waals surface area contributed by atoms with Crippen LogP contribution in [0.1, 0.15) is 20.8 Å². The van der Waals surface area contributed by atoms with Gasteiger partial charge in [-0.05, 0) is 12.5 Å². The maximum Gasteiger partial charge on any atom is 0.167 e. The molecule has 1 aromatic heterocycles. The van der Waals surface area contributed by atoms with E-state index in [-0.39, 0.29) is 0 Å². The molecule has 0 aliphatic rings. The van der Waals surface area contributed by atoms with Crippen LogP contribution in [0.2, 0.25) is 0 Å². The molecule has 0 spiro atoms. The van der Waals surface area contributed by atoms with Crippen molar-refractivity contribution >= 4 is 11.8 Å². The van der Waals surface area contributed by atoms with Crippen molar-refractivity contribution in [1.29, 1.82) is 0 Å². The van der Waals surface area contributed by atoms with Crippen molar-refractivity contribution in [2.45, 2.75) is 31.2 Å². The summed E-state index contributed by atoms with van der Waals surface area (Å²) >= 11 is 1.82. The van der Waals surface area contributed by atoms with Gasteiger partial charge in [0.25, 0.3) is 0 Å². The van der Waals surface area contributed by atoms with E-state index in [1.807, 2.05) is 31.2 Å². The second-order valence-electron chi connectivity index (χ2n) is 4.30. The zero-order chi connectivity index (χ0) is 11.3. The Balaban J connectivity index is 2.24. The minimum Gasteiger partial charge on any atom is -0.329 e. The average molecular weight is 227 g/mol. The Morgan fingerprint density at radius 2 is 2.13 bits per heavy atom. The molecular weight excluding hydrogens is 206 g/mol. The first-order valence-corrected chi connectivity index (χ1v) is 6.32. The van der Waals surface area contributed by atoms with Crippen LogP contribution < -0.4 is 5.32 Å². The Bertz CT molecular complexity index is 283. The van der Waals surface area contributed by atoms with Crippen LogP contribution in [0, 0.1) is 5.92 Å². The van der Waals surface area contributed by atoms with E-state index in [1.165, 1.54) is 0 Å². The van der Waals surface area contributed by atoms with Crippen molar-refractivity contribution in [1.82, 2.24) is 14.9 Å². The highest BCUT2D eigenvalue weighted by molar-refractivity contribution is 7.99. The first kappa shape index (κ1) is 12.6. The van der Waals surface area contributed by atoms with Gasteiger partial charge in [-0.2, -0.15) is 0 Å². The van der Waals surface area contributed by atoms with Gasteiger partial charge in [0.2, 0.25) is 0 Å². The third-order valence-electron chi connectivity index (χ3n) is 2.07. The molecule has 0 aliphatic carbocycles. The van der Waals surface area contributed by atoms with Crippen LogP contribution in [0.3, 0.4) is 0 Å². The van der Waals surface area contributed by atoms with Gasteiger partial charge in [-0.1, -0.05) is 32.5 Å². The summed E-state index contributed by atoms with van der Waals surface area (Å²) in [4.78, 5) is 4.30. The highest BCUT2D eigenvalue weighted by atomic mass is 32.2. The SMILES string of the molecule is CC(C)CNCC(C)Sc1nccn1C. The van der Waals surface area contributed by atoms with Crippen LogP contribution >= 0.6 is 11.8 Å². The molecule has 86 valence electrons. The van der Waals surface area contributed by atoms with E-state index in [2.05, 4.69) is 35.6 Å². The minimum atomic E-state index is 0.560. The lowest BCUT2D eigenvalue weighted by atomic mass is 10.2. The number of thioether (sulfide) groups is 1. The molecule has 1 unspecified atom stereocenters. The van der Waals surface area contributed by atoms with E-state index in [1.54, 1.807) is 0 Å². The van der Waals surface area contributed by atoms with Gasteiger partial charge in [-0.25, -0.2) is 4.98 Å². The quantitative estimate of drug-likeness (QED) is 0.755. The van der Waals surface area contributed by atoms with Gasteiger partial charge >= 0.3 is 0 Å². The normalized spacial score (nSPS) is 13.4. The van der Waals surface area contributed by atoms with Crippen LogP contribution in [-0.4, -0.2) is 27.9 Å². The lowest BCUT2D eigenvalue weighted by molar-refractivity contribution is 0.553. The smallest absolute Gasteiger partial charge is 0.167 e. The number of nitrogens with one attached hydrogen (secondary N) is 1. The highest BCUT2D eigenvalue weighted by Gasteiger charge is 2.07. The second kappa shape index (κ2) is 6.18. The predicted molar refractivity (Wildman–Crippen MR) is 66.2 cm³/mol. The van der Waals surface area contributed by atoms with Gasteiger partial charge in [0, 0.05) is 31.2 Å². The summed E-state index contributed by atoms with van der Waals surface area (Å²) in [7, 11) is 2.03. The van der Waals surface area contributed by atoms with E-state index < -0.39 is 0 Å². The number of imidazole rings is 1. The first-order chi connectivity index (χ1) is 7.09. The third-order valence-corrected chi connectivity index (χ3v) is 3.24. The van der Waals surface area contributed by atoms with Gasteiger partial charge < -0.3 is 9.88 Å². The number of aryl methyl sites for hydroxylation is 1. The Labute approximate surface area is 96.7 Å². The lowest BCUT2D eigenvalue weighted by Crippen LogP contribution is -2.26. The van der Waals surface area contributed by atoms with Gasteiger partial charge in [0.1, 0.15) is 0 Å². The molecule has 1 aromatic rings. The summed E-state index contributed by atoms with van der Waals surface area (Å²) in [6.07, 6.45) is 3.83. The van der Waals surface area contributed by atoms with Crippen molar-refractivity contribution in [3.63, 3.8) is 0 Å². The fraction of sp³-hybridized carbons (Fsp3) is 0.727. The van der Waals surface area contributed by atoms with Crippen molar-refractivity contribution in [3.05, 3.63) is 12.4 Å². The van der Waals surface area contributed by atoms with E-state index >= 15 is 0 Å². The van der Waals surface area contributed by atoms with Crippen molar-refractivity contribution in [2.75, 3.05) is 13.1 Å². The van der Waals surface area contributed by atoms with Crippen LogP contribution in [0.15, 0.2) is 17.6 Å². The van der Waals surface area contributed by atoms with Crippen LogP contribution in [-0.2, 0) is 7.05 Å². The molecule has 0 radical (unpaired) electrons. The molecule has 0 saturated carbocycles. The van der Waals surface area contributed by atoms with Crippen LogP contribution in [0.25, 0.3) is 0 Å². The van der Waals surface area contributed by atoms with Gasteiger partial charge in [-0.3, -0.25) is 0 Å². The summed E-state index contributed by atoms with van der Waals surface area (Å²) in [5, 5.41) is 5.11. The van der Waals surface area contributed by atoms with E-state index in [9.17, 15) is 0 Å². The predicted octanol–water partition coefficient (Wildman–Crippen LogP) is 2.15. The number of hydrogen-bond donors (Lipinski definition) is 1. The summed E-state index contributed by atoms with van der Waals surface area (Å²) in [6.45, 7) is 8.81. The van der Waals surface area contributed by atoms with E-state index in [4.69, 9.17) is 0 Å². The molecule has 1 N–H and O–H groups in total. The number of rotatable bonds is 6. The molecule has 1 rings (SSSR count). The van der Waals surface area contributed by atoms with Gasteiger partial charge in [0.05, 0.1) is 0 Å². The Kier molecular flexibility index (Phi) is 5.19. The summed E-state index contributed by atoms with van der Waals surface area (Å²) in [6, 6.07) is 0. The van der Waals surface area contributed by atoms with E-state index in [0.717, 1.165) is 24.2 Å². The molecule has 0 saturated heterocycles. The van der Waals surface area contributed by atoms with Gasteiger partial charge in [0.15, 0.2) is 5.16 Å². The summed E-state index contributed by atoms with van der Waals surface area (Å²) in [5.41, 5.74) is 0. The van der Waals surface area contributed by atoms with Crippen molar-refractivity contribution < 1.29 is 0 Å². The Hall–Kier alpha value is -0.480. The summed E-state index contributed by atoms with van der Waals surface area (Å²) < 4.78 is 2.06. The van der Waals surface area contributed by atoms with E-state index in [0.29, 0.717) is 5.25 Å². The molecular formula is C11H21N3S. The average Bonchev–Trinajstić information content (AvgIpc) is 2.51. The second-order valence-corrected chi connectivity index (χ2v) is 5.71. The lowest BCUT2D eigenvalue weighted by Gasteiger charge is -2.13. The van der Waals surface area contributed by atoms with Crippen LogP contribution in [0.5, 0.6) is 0 Å². The third kappa shape index (κ3) is 4.71. The largest absolute Gasteiger partial charge is 0.329 e. The molecule has 1 atom stereocenters. The Morgan fingerprint density at radius 1 is 1.40 bits per heavy atom. The maximum atomic E-state index is 4.30. The van der Waals surface area contributed by atoms with Gasteiger partial charge in [-0.15, -0.1) is 0 Å². The molecule has 0 aliphatic heterocycles. The first-order valence-electron chi connectivity index (χ1n) is 5.44. The zero-order valence-electron chi connectivity index (χ0n) is 10.0. The van der Waals surface area contributed by atoms with Crippen molar-refractivity contribution in [3.8, 4) is 0 Å². The summed E-state index contributed by atoms with van der Waals surface area (Å²) in [5.74, 6) is 0.718. The standard InChI is InChI=1S/C11H21N3S/c1-9(2)7-12-8-10(3)15-11-13-5-6-14(11)4/h5-6,9-10,12H,7-8H2,1-4H3. The number of nitrogens with zero attached hydrogens (tertiary/aromatic N) is 2. The molecule has 0 amide bonds. The Morgan fingerprint density at radius 3 is 2.67 bits per heavy atom. The molecule has 3 nitrogen and oxygen atoms in total. The van der Waals surface area contributed by atoms with Crippen LogP contribution in [0.4, 0.5) is 0 Å². The molecule has 15 heavy (non-hydrogen) atoms. The fourth-order valence-electron chi connectivity index (χ4n) is 1.26. The monoisotopic (exact) mass is 227 g/mol. The zero-order valence-corrected chi connectivity index (χ0v) is 10.8. The topological polar surface area (TPSA) is 29.9 Å². The molecule has 4 heteroatoms. The minimum absolute atomic E-state index is 0.560. The highest BCUT2D eigenvalue weighted by Crippen LogP contribution is 2.19. The maximum absolute atomic E-state index is 4.30. The number of hydrogen-bond acceptors (Lipinski definition) is 3. The molecule has 0 fully saturated rings. The molecule has 1 heterocycles. The number of aromatic nitrogens is 2. The van der Waals surface area contributed by atoms with Crippen molar-refractivity contribution in [2.24, 2.45) is 13.0 Å². The fourth-order valence-corrected chi connectivity index (χ4v) is 2.17.